The number of benzene rings is 1. The Hall–Kier alpha value is -3.78. The van der Waals surface area contributed by atoms with E-state index >= 15 is 0 Å². The second kappa shape index (κ2) is 9.38. The second-order valence-corrected chi connectivity index (χ2v) is 8.87. The van der Waals surface area contributed by atoms with Gasteiger partial charge in [-0.1, -0.05) is 6.07 Å². The molecule has 0 atom stereocenters. The zero-order chi connectivity index (χ0) is 22.6. The fourth-order valence-corrected chi connectivity index (χ4v) is 4.55. The molecule has 1 aliphatic heterocycles. The number of nitrogens with zero attached hydrogens (tertiary/aromatic N) is 5. The lowest BCUT2D eigenvalue weighted by molar-refractivity contribution is -0.111. The molecule has 0 bridgehead atoms. The molecule has 33 heavy (non-hydrogen) atoms. The number of piperazine rings is 1. The Morgan fingerprint density at radius 3 is 2.58 bits per heavy atom. The van der Waals surface area contributed by atoms with E-state index in [0.717, 1.165) is 65.0 Å². The molecule has 0 spiro atoms. The van der Waals surface area contributed by atoms with Crippen LogP contribution in [-0.4, -0.2) is 47.0 Å². The van der Waals surface area contributed by atoms with Gasteiger partial charge in [-0.15, -0.1) is 11.3 Å². The Balaban J connectivity index is 1.28. The van der Waals surface area contributed by atoms with Crippen LogP contribution in [0.5, 0.6) is 0 Å². The lowest BCUT2D eigenvalue weighted by Gasteiger charge is -2.35. The summed E-state index contributed by atoms with van der Waals surface area (Å²) in [6.07, 6.45) is 6.94. The van der Waals surface area contributed by atoms with Crippen LogP contribution >= 0.6 is 11.3 Å². The van der Waals surface area contributed by atoms with Crippen LogP contribution in [0.15, 0.2) is 66.3 Å². The summed E-state index contributed by atoms with van der Waals surface area (Å²) in [5, 5.41) is 5.97. The van der Waals surface area contributed by atoms with Crippen molar-refractivity contribution in [2.45, 2.75) is 6.92 Å². The van der Waals surface area contributed by atoms with Crippen LogP contribution in [0.2, 0.25) is 0 Å². The van der Waals surface area contributed by atoms with Crippen molar-refractivity contribution in [3.63, 3.8) is 0 Å². The van der Waals surface area contributed by atoms with Crippen LogP contribution in [0.3, 0.4) is 0 Å². The van der Waals surface area contributed by atoms with Crippen molar-refractivity contribution >= 4 is 51.7 Å². The maximum atomic E-state index is 12.3. The van der Waals surface area contributed by atoms with E-state index < -0.39 is 0 Å². The first-order chi connectivity index (χ1) is 16.2. The largest absolute Gasteiger partial charge is 0.353 e. The molecule has 8 heteroatoms. The molecule has 3 aromatic heterocycles. The van der Waals surface area contributed by atoms with Crippen molar-refractivity contribution < 1.29 is 4.79 Å². The normalized spacial score (nSPS) is 14.2. The summed E-state index contributed by atoms with van der Waals surface area (Å²) >= 11 is 1.60. The Bertz CT molecular complexity index is 1280. The number of aryl methyl sites for hydroxylation is 1. The van der Waals surface area contributed by atoms with Gasteiger partial charge in [-0.25, -0.2) is 15.0 Å². The Labute approximate surface area is 196 Å². The number of anilines is 3. The van der Waals surface area contributed by atoms with Crippen molar-refractivity contribution in [1.82, 2.24) is 15.0 Å². The van der Waals surface area contributed by atoms with E-state index in [2.05, 4.69) is 38.1 Å². The lowest BCUT2D eigenvalue weighted by Crippen LogP contribution is -2.47. The third-order valence-electron chi connectivity index (χ3n) is 5.65. The average Bonchev–Trinajstić information content (AvgIpc) is 3.38. The molecule has 7 nitrogen and oxygen atoms in total. The number of carbonyl (C=O) groups is 1. The summed E-state index contributed by atoms with van der Waals surface area (Å²) in [7, 11) is 0. The molecule has 1 amide bonds. The molecule has 4 aromatic rings. The maximum absolute atomic E-state index is 12.3. The van der Waals surface area contributed by atoms with Gasteiger partial charge in [0.05, 0.1) is 5.52 Å². The summed E-state index contributed by atoms with van der Waals surface area (Å²) in [5.41, 5.74) is 2.82. The smallest absolute Gasteiger partial charge is 0.248 e. The first-order valence-corrected chi connectivity index (χ1v) is 11.7. The Morgan fingerprint density at radius 2 is 1.82 bits per heavy atom. The van der Waals surface area contributed by atoms with Crippen LogP contribution in [-0.2, 0) is 4.79 Å². The minimum atomic E-state index is -0.148. The number of amides is 1. The molecule has 4 heterocycles. The number of aromatic nitrogens is 3. The van der Waals surface area contributed by atoms with Crippen molar-refractivity contribution in [3.05, 3.63) is 76.8 Å². The third kappa shape index (κ3) is 4.85. The number of rotatable bonds is 5. The molecule has 0 unspecified atom stereocenters. The summed E-state index contributed by atoms with van der Waals surface area (Å²) in [4.78, 5) is 31.5. The highest BCUT2D eigenvalue weighted by atomic mass is 32.1. The van der Waals surface area contributed by atoms with Crippen LogP contribution in [0, 0.1) is 6.92 Å². The molecule has 166 valence electrons. The number of hydrogen-bond donors (Lipinski definition) is 1. The standard InChI is InChI=1S/C25H24N6OS/c1-18-16-23(30-11-13-31(14-12-30)25-26-9-3-10-27-25)29-22-7-5-19(17-21(18)22)28-24(32)8-6-20-4-2-15-33-20/h2-10,15-17H,11-14H2,1H3,(H,28,32)/b8-6+. The van der Waals surface area contributed by atoms with Crippen LogP contribution in [0.1, 0.15) is 10.4 Å². The zero-order valence-corrected chi connectivity index (χ0v) is 19.1. The number of fused-ring (bicyclic) bond motifs is 1. The first-order valence-electron chi connectivity index (χ1n) is 10.9. The minimum Gasteiger partial charge on any atom is -0.353 e. The van der Waals surface area contributed by atoms with Gasteiger partial charge in [0.2, 0.25) is 11.9 Å². The molecule has 1 saturated heterocycles. The molecule has 0 radical (unpaired) electrons. The molecule has 0 saturated carbocycles. The van der Waals surface area contributed by atoms with Gasteiger partial charge in [0, 0.05) is 60.6 Å². The summed E-state index contributed by atoms with van der Waals surface area (Å²) in [5.74, 6) is 1.61. The summed E-state index contributed by atoms with van der Waals surface area (Å²) < 4.78 is 0. The van der Waals surface area contributed by atoms with Crippen molar-refractivity contribution in [1.29, 1.82) is 0 Å². The van der Waals surface area contributed by atoms with Crippen molar-refractivity contribution in [3.8, 4) is 0 Å². The molecular formula is C25H24N6OS. The van der Waals surface area contributed by atoms with Gasteiger partial charge in [-0.2, -0.15) is 0 Å². The van der Waals surface area contributed by atoms with Gasteiger partial charge < -0.3 is 15.1 Å². The topological polar surface area (TPSA) is 74.2 Å². The predicted octanol–water partition coefficient (Wildman–Crippen LogP) is 4.37. The third-order valence-corrected chi connectivity index (χ3v) is 6.49. The van der Waals surface area contributed by atoms with E-state index in [1.807, 2.05) is 47.9 Å². The zero-order valence-electron chi connectivity index (χ0n) is 18.3. The van der Waals surface area contributed by atoms with Gasteiger partial charge in [0.25, 0.3) is 0 Å². The van der Waals surface area contributed by atoms with E-state index in [4.69, 9.17) is 4.98 Å². The molecule has 1 fully saturated rings. The van der Waals surface area contributed by atoms with Gasteiger partial charge in [0.15, 0.2) is 0 Å². The average molecular weight is 457 g/mol. The van der Waals surface area contributed by atoms with E-state index in [-0.39, 0.29) is 5.91 Å². The number of hydrogen-bond acceptors (Lipinski definition) is 7. The number of thiophene rings is 1. The number of pyridine rings is 1. The van der Waals surface area contributed by atoms with Gasteiger partial charge in [-0.05, 0) is 60.3 Å². The maximum Gasteiger partial charge on any atom is 0.248 e. The fourth-order valence-electron chi connectivity index (χ4n) is 3.93. The fraction of sp³-hybridized carbons (Fsp3) is 0.200. The van der Waals surface area contributed by atoms with E-state index in [1.165, 1.54) is 0 Å². The van der Waals surface area contributed by atoms with Crippen LogP contribution < -0.4 is 15.1 Å². The molecular weight excluding hydrogens is 432 g/mol. The summed E-state index contributed by atoms with van der Waals surface area (Å²) in [6, 6.07) is 13.8. The van der Waals surface area contributed by atoms with Gasteiger partial charge >= 0.3 is 0 Å². The Morgan fingerprint density at radius 1 is 1.03 bits per heavy atom. The number of carbonyl (C=O) groups excluding carboxylic acids is 1. The van der Waals surface area contributed by atoms with Gasteiger partial charge in [-0.3, -0.25) is 4.79 Å². The molecule has 1 aromatic carbocycles. The second-order valence-electron chi connectivity index (χ2n) is 7.89. The van der Waals surface area contributed by atoms with E-state index in [1.54, 1.807) is 29.8 Å². The SMILES string of the molecule is Cc1cc(N2CCN(c3ncccn3)CC2)nc2ccc(NC(=O)/C=C/c3cccs3)cc12. The van der Waals surface area contributed by atoms with Crippen LogP contribution in [0.4, 0.5) is 17.5 Å². The Kier molecular flexibility index (Phi) is 5.99. The molecule has 1 N–H and O–H groups in total. The predicted molar refractivity (Wildman–Crippen MR) is 135 cm³/mol. The highest BCUT2D eigenvalue weighted by molar-refractivity contribution is 7.10. The highest BCUT2D eigenvalue weighted by Crippen LogP contribution is 2.26. The number of nitrogens with one attached hydrogen (secondary N) is 1. The first kappa shape index (κ1) is 21.1. The van der Waals surface area contributed by atoms with Crippen molar-refractivity contribution in [2.24, 2.45) is 0 Å². The quantitative estimate of drug-likeness (QED) is 0.450. The summed E-state index contributed by atoms with van der Waals surface area (Å²) in [6.45, 7) is 5.52. The van der Waals surface area contributed by atoms with E-state index in [9.17, 15) is 4.79 Å². The van der Waals surface area contributed by atoms with Crippen LogP contribution in [0.25, 0.3) is 17.0 Å². The highest BCUT2D eigenvalue weighted by Gasteiger charge is 2.20. The monoisotopic (exact) mass is 456 g/mol. The molecule has 0 aliphatic carbocycles. The van der Waals surface area contributed by atoms with Crippen molar-refractivity contribution in [2.75, 3.05) is 41.3 Å². The minimum absolute atomic E-state index is 0.148. The van der Waals surface area contributed by atoms with Gasteiger partial charge in [0.1, 0.15) is 5.82 Å². The molecule has 1 aliphatic rings. The lowest BCUT2D eigenvalue weighted by atomic mass is 10.1. The molecule has 5 rings (SSSR count). The van der Waals surface area contributed by atoms with E-state index in [0.29, 0.717) is 0 Å².